The molecular weight excluding hydrogens is 361 g/mol. The molecule has 0 aliphatic rings. The molecule has 1 atom stereocenters. The Morgan fingerprint density at radius 3 is 2.63 bits per heavy atom. The molecule has 0 aromatic heterocycles. The highest BCUT2D eigenvalue weighted by atomic mass is 127. The molecule has 0 bridgehead atoms. The van der Waals surface area contributed by atoms with Gasteiger partial charge in [0, 0.05) is 11.6 Å². The van der Waals surface area contributed by atoms with Crippen molar-refractivity contribution in [1.29, 1.82) is 0 Å². The van der Waals surface area contributed by atoms with Gasteiger partial charge in [0.1, 0.15) is 5.75 Å². The third kappa shape index (κ3) is 5.06. The predicted octanol–water partition coefficient (Wildman–Crippen LogP) is 2.37. The van der Waals surface area contributed by atoms with E-state index in [-0.39, 0.29) is 18.1 Å². The average molecular weight is 377 g/mol. The number of carboxylic acids is 1. The monoisotopic (exact) mass is 377 g/mol. The van der Waals surface area contributed by atoms with E-state index in [1.54, 1.807) is 12.1 Å². The van der Waals surface area contributed by atoms with E-state index in [4.69, 9.17) is 5.11 Å². The van der Waals surface area contributed by atoms with Gasteiger partial charge in [0.05, 0.1) is 9.99 Å². The maximum Gasteiger partial charge on any atom is 0.305 e. The molecule has 104 valence electrons. The van der Waals surface area contributed by atoms with Crippen molar-refractivity contribution in [3.05, 3.63) is 27.3 Å². The maximum absolute atomic E-state index is 12.0. The van der Waals surface area contributed by atoms with Gasteiger partial charge in [0.15, 0.2) is 0 Å². The number of carboxylic acid groups (broad SMARTS) is 1. The Kier molecular flexibility index (Phi) is 6.07. The number of phenolic OH excluding ortho intramolecular Hbond substituents is 1. The van der Waals surface area contributed by atoms with Gasteiger partial charge in [-0.15, -0.1) is 0 Å². The van der Waals surface area contributed by atoms with Gasteiger partial charge in [-0.05, 0) is 47.2 Å². The van der Waals surface area contributed by atoms with Gasteiger partial charge in [-0.2, -0.15) is 0 Å². The zero-order valence-electron chi connectivity index (χ0n) is 10.5. The number of aromatic hydroxyl groups is 1. The summed E-state index contributed by atoms with van der Waals surface area (Å²) in [7, 11) is 0. The van der Waals surface area contributed by atoms with Crippen LogP contribution in [-0.2, 0) is 4.79 Å². The molecule has 0 saturated heterocycles. The van der Waals surface area contributed by atoms with E-state index in [1.807, 2.05) is 29.5 Å². The number of carbonyl (C=O) groups excluding carboxylic acids is 1. The Morgan fingerprint density at radius 2 is 2.11 bits per heavy atom. The molecule has 0 saturated carbocycles. The van der Waals surface area contributed by atoms with Crippen LogP contribution in [-0.4, -0.2) is 28.1 Å². The molecule has 0 fully saturated rings. The normalized spacial score (nSPS) is 11.9. The minimum atomic E-state index is -0.941. The van der Waals surface area contributed by atoms with Crippen molar-refractivity contribution in [3.63, 3.8) is 0 Å². The van der Waals surface area contributed by atoms with Crippen LogP contribution in [0.25, 0.3) is 0 Å². The number of phenols is 1. The van der Waals surface area contributed by atoms with E-state index in [2.05, 4.69) is 5.32 Å². The molecular formula is C13H16INO4. The molecule has 1 aromatic carbocycles. The fourth-order valence-corrected chi connectivity index (χ4v) is 2.04. The second-order valence-corrected chi connectivity index (χ2v) is 5.39. The molecule has 0 heterocycles. The molecule has 0 aliphatic carbocycles. The summed E-state index contributed by atoms with van der Waals surface area (Å²) in [5, 5.41) is 21.0. The van der Waals surface area contributed by atoms with Crippen LogP contribution < -0.4 is 5.32 Å². The van der Waals surface area contributed by atoms with Gasteiger partial charge in [-0.3, -0.25) is 9.59 Å². The maximum atomic E-state index is 12.0. The number of amides is 1. The fourth-order valence-electron chi connectivity index (χ4n) is 1.71. The highest BCUT2D eigenvalue weighted by molar-refractivity contribution is 14.1. The Hall–Kier alpha value is -1.31. The van der Waals surface area contributed by atoms with E-state index in [0.717, 1.165) is 6.42 Å². The van der Waals surface area contributed by atoms with E-state index < -0.39 is 12.0 Å². The zero-order chi connectivity index (χ0) is 14.4. The highest BCUT2D eigenvalue weighted by Gasteiger charge is 2.16. The van der Waals surface area contributed by atoms with Crippen molar-refractivity contribution in [3.8, 4) is 5.75 Å². The standard InChI is InChI=1S/C13H16INO4/c1-2-3-9(7-12(17)18)15-13(19)8-4-5-10(14)11(16)6-8/h4-6,9,16H,2-3,7H2,1H3,(H,15,19)(H,17,18). The summed E-state index contributed by atoms with van der Waals surface area (Å²) in [6, 6.07) is 4.22. The second kappa shape index (κ2) is 7.32. The van der Waals surface area contributed by atoms with Gasteiger partial charge in [-0.25, -0.2) is 0 Å². The summed E-state index contributed by atoms with van der Waals surface area (Å²) in [6.07, 6.45) is 1.29. The first-order chi connectivity index (χ1) is 8.93. The first-order valence-corrected chi connectivity index (χ1v) is 7.03. The highest BCUT2D eigenvalue weighted by Crippen LogP contribution is 2.20. The number of halogens is 1. The number of benzene rings is 1. The van der Waals surface area contributed by atoms with Crippen LogP contribution in [0.2, 0.25) is 0 Å². The third-order valence-corrected chi connectivity index (χ3v) is 3.51. The quantitative estimate of drug-likeness (QED) is 0.665. The number of carbonyl (C=O) groups is 2. The summed E-state index contributed by atoms with van der Waals surface area (Å²) in [4.78, 5) is 22.7. The van der Waals surface area contributed by atoms with Crippen LogP contribution in [0.4, 0.5) is 0 Å². The Bertz CT molecular complexity index is 476. The SMILES string of the molecule is CCCC(CC(=O)O)NC(=O)c1ccc(I)c(O)c1. The molecule has 6 heteroatoms. The lowest BCUT2D eigenvalue weighted by Crippen LogP contribution is -2.36. The van der Waals surface area contributed by atoms with Crippen LogP contribution in [0.3, 0.4) is 0 Å². The molecule has 19 heavy (non-hydrogen) atoms. The first kappa shape index (κ1) is 15.7. The van der Waals surface area contributed by atoms with Gasteiger partial charge in [0.25, 0.3) is 5.91 Å². The topological polar surface area (TPSA) is 86.6 Å². The van der Waals surface area contributed by atoms with Crippen molar-refractivity contribution in [2.24, 2.45) is 0 Å². The minimum Gasteiger partial charge on any atom is -0.507 e. The minimum absolute atomic E-state index is 0.0403. The van der Waals surface area contributed by atoms with E-state index in [1.165, 1.54) is 6.07 Å². The van der Waals surface area contributed by atoms with E-state index in [9.17, 15) is 14.7 Å². The molecule has 0 spiro atoms. The van der Waals surface area contributed by atoms with Crippen LogP contribution in [0.5, 0.6) is 5.75 Å². The number of aliphatic carboxylic acids is 1. The van der Waals surface area contributed by atoms with Crippen LogP contribution in [0.1, 0.15) is 36.5 Å². The summed E-state index contributed by atoms with van der Waals surface area (Å²) in [5.74, 6) is -1.27. The van der Waals surface area contributed by atoms with Gasteiger partial charge < -0.3 is 15.5 Å². The third-order valence-electron chi connectivity index (χ3n) is 2.60. The molecule has 0 radical (unpaired) electrons. The lowest BCUT2D eigenvalue weighted by molar-refractivity contribution is -0.137. The van der Waals surface area contributed by atoms with Gasteiger partial charge in [0.2, 0.25) is 0 Å². The molecule has 5 nitrogen and oxygen atoms in total. The summed E-state index contributed by atoms with van der Waals surface area (Å²) in [5.41, 5.74) is 0.324. The smallest absolute Gasteiger partial charge is 0.305 e. The molecule has 0 aliphatic heterocycles. The average Bonchev–Trinajstić information content (AvgIpc) is 2.32. The Morgan fingerprint density at radius 1 is 1.42 bits per heavy atom. The predicted molar refractivity (Wildman–Crippen MR) is 79.2 cm³/mol. The van der Waals surface area contributed by atoms with Crippen LogP contribution in [0.15, 0.2) is 18.2 Å². The molecule has 1 rings (SSSR count). The summed E-state index contributed by atoms with van der Waals surface area (Å²) >= 11 is 1.96. The fraction of sp³-hybridized carbons (Fsp3) is 0.385. The molecule has 1 unspecified atom stereocenters. The lowest BCUT2D eigenvalue weighted by Gasteiger charge is -2.16. The number of rotatable bonds is 6. The van der Waals surface area contributed by atoms with E-state index >= 15 is 0 Å². The van der Waals surface area contributed by atoms with Crippen molar-refractivity contribution >= 4 is 34.5 Å². The van der Waals surface area contributed by atoms with Crippen LogP contribution >= 0.6 is 22.6 Å². The Labute approximate surface area is 125 Å². The number of hydrogen-bond acceptors (Lipinski definition) is 3. The van der Waals surface area contributed by atoms with Crippen LogP contribution in [0, 0.1) is 3.57 Å². The molecule has 3 N–H and O–H groups in total. The number of nitrogens with one attached hydrogen (secondary N) is 1. The Balaban J connectivity index is 2.75. The van der Waals surface area contributed by atoms with Crippen molar-refractivity contribution in [2.45, 2.75) is 32.2 Å². The van der Waals surface area contributed by atoms with Crippen molar-refractivity contribution < 1.29 is 19.8 Å². The number of hydrogen-bond donors (Lipinski definition) is 3. The van der Waals surface area contributed by atoms with Crippen molar-refractivity contribution in [1.82, 2.24) is 5.32 Å². The lowest BCUT2D eigenvalue weighted by atomic mass is 10.1. The largest absolute Gasteiger partial charge is 0.507 e. The van der Waals surface area contributed by atoms with Gasteiger partial charge in [-0.1, -0.05) is 13.3 Å². The van der Waals surface area contributed by atoms with E-state index in [0.29, 0.717) is 15.6 Å². The zero-order valence-corrected chi connectivity index (χ0v) is 12.7. The summed E-state index contributed by atoms with van der Waals surface area (Å²) in [6.45, 7) is 1.93. The molecule has 1 aromatic rings. The second-order valence-electron chi connectivity index (χ2n) is 4.22. The summed E-state index contributed by atoms with van der Waals surface area (Å²) < 4.78 is 0.657. The van der Waals surface area contributed by atoms with Crippen molar-refractivity contribution in [2.75, 3.05) is 0 Å². The molecule has 1 amide bonds. The first-order valence-electron chi connectivity index (χ1n) is 5.95. The van der Waals surface area contributed by atoms with Gasteiger partial charge >= 0.3 is 5.97 Å².